The molecule has 0 aromatic heterocycles. The van der Waals surface area contributed by atoms with Crippen LogP contribution in [-0.2, 0) is 9.47 Å². The lowest BCUT2D eigenvalue weighted by molar-refractivity contribution is -0.0293. The van der Waals surface area contributed by atoms with Crippen LogP contribution in [-0.4, -0.2) is 27.6 Å². The van der Waals surface area contributed by atoms with Gasteiger partial charge in [0.25, 0.3) is 0 Å². The van der Waals surface area contributed by atoms with Crippen molar-refractivity contribution in [2.45, 2.75) is 6.42 Å². The minimum atomic E-state index is 0.358. The molecule has 3 heteroatoms. The third-order valence-electron chi connectivity index (χ3n) is 1.10. The molecule has 0 aromatic carbocycles. The molecule has 0 saturated heterocycles. The van der Waals surface area contributed by atoms with Gasteiger partial charge in [0, 0.05) is 26.3 Å². The van der Waals surface area contributed by atoms with Crippen LogP contribution < -0.4 is 5.32 Å². The van der Waals surface area contributed by atoms with Crippen LogP contribution in [0.2, 0.25) is 0 Å². The van der Waals surface area contributed by atoms with E-state index in [2.05, 4.69) is 16.6 Å². The van der Waals surface area contributed by atoms with Crippen molar-refractivity contribution in [2.75, 3.05) is 27.6 Å². The second-order valence-corrected chi connectivity index (χ2v) is 1.92. The average Bonchev–Trinajstić information content (AvgIpc) is 1.98. The predicted molar refractivity (Wildman–Crippen MR) is 40.6 cm³/mol. The summed E-state index contributed by atoms with van der Waals surface area (Å²) < 4.78 is 9.72. The lowest BCUT2D eigenvalue weighted by atomic mass is 10.4. The number of hydrogen-bond donors (Lipinski definition) is 1. The van der Waals surface area contributed by atoms with Crippen molar-refractivity contribution in [3.8, 4) is 0 Å². The Hall–Kier alpha value is -0.540. The van der Waals surface area contributed by atoms with Crippen molar-refractivity contribution in [1.29, 1.82) is 0 Å². The summed E-state index contributed by atoms with van der Waals surface area (Å²) in [4.78, 5) is 0. The van der Waals surface area contributed by atoms with E-state index >= 15 is 0 Å². The maximum Gasteiger partial charge on any atom is 0.146 e. The number of rotatable bonds is 6. The molecule has 0 aliphatic heterocycles. The summed E-state index contributed by atoms with van der Waals surface area (Å²) in [6.45, 7) is 4.76. The van der Waals surface area contributed by atoms with Crippen LogP contribution in [0.4, 0.5) is 0 Å². The first-order valence-electron chi connectivity index (χ1n) is 3.23. The first-order chi connectivity index (χ1) is 4.81. The topological polar surface area (TPSA) is 30.5 Å². The average molecular weight is 145 g/mol. The van der Waals surface area contributed by atoms with Crippen LogP contribution in [0.15, 0.2) is 12.3 Å². The highest BCUT2D eigenvalue weighted by molar-refractivity contribution is 4.88. The molecule has 0 spiro atoms. The van der Waals surface area contributed by atoms with Gasteiger partial charge in [-0.25, -0.2) is 0 Å². The van der Waals surface area contributed by atoms with Crippen LogP contribution in [0, 0.1) is 0 Å². The molecule has 3 nitrogen and oxygen atoms in total. The van der Waals surface area contributed by atoms with Gasteiger partial charge in [0.15, 0.2) is 0 Å². The maximum absolute atomic E-state index is 5.03. The normalized spacial score (nSPS) is 9.40. The van der Waals surface area contributed by atoms with E-state index in [9.17, 15) is 0 Å². The highest BCUT2D eigenvalue weighted by Gasteiger charge is 1.89. The van der Waals surface area contributed by atoms with Crippen molar-refractivity contribution in [2.24, 2.45) is 0 Å². The van der Waals surface area contributed by atoms with Gasteiger partial charge >= 0.3 is 0 Å². The van der Waals surface area contributed by atoms with Gasteiger partial charge in [0.05, 0.1) is 6.61 Å². The highest BCUT2D eigenvalue weighted by atomic mass is 16.7. The van der Waals surface area contributed by atoms with E-state index in [1.807, 2.05) is 7.05 Å². The number of nitrogens with one attached hydrogen (secondary N) is 1. The number of ether oxygens (including phenoxy) is 2. The Morgan fingerprint density at radius 2 is 2.30 bits per heavy atom. The lowest BCUT2D eigenvalue weighted by Gasteiger charge is -2.04. The molecule has 0 fully saturated rings. The Morgan fingerprint density at radius 1 is 1.60 bits per heavy atom. The molecular weight excluding hydrogens is 130 g/mol. The van der Waals surface area contributed by atoms with Gasteiger partial charge in [-0.15, -0.1) is 0 Å². The third-order valence-corrected chi connectivity index (χ3v) is 1.10. The molecule has 1 N–H and O–H groups in total. The van der Waals surface area contributed by atoms with Crippen LogP contribution in [0.3, 0.4) is 0 Å². The van der Waals surface area contributed by atoms with E-state index in [1.54, 1.807) is 7.11 Å². The summed E-state index contributed by atoms with van der Waals surface area (Å²) >= 11 is 0. The van der Waals surface area contributed by atoms with Crippen LogP contribution in [0.25, 0.3) is 0 Å². The van der Waals surface area contributed by atoms with E-state index in [1.165, 1.54) is 0 Å². The van der Waals surface area contributed by atoms with Crippen molar-refractivity contribution in [1.82, 2.24) is 5.32 Å². The van der Waals surface area contributed by atoms with Gasteiger partial charge in [0.2, 0.25) is 0 Å². The SMILES string of the molecule is C=C(CCOCOC)NC. The standard InChI is InChI=1S/C7H15NO2/c1-7(8-2)4-5-10-6-9-3/h8H,1,4-6H2,2-3H3. The predicted octanol–water partition coefficient (Wildman–Crippen LogP) is 0.730. The van der Waals surface area contributed by atoms with Crippen LogP contribution >= 0.6 is 0 Å². The van der Waals surface area contributed by atoms with E-state index < -0.39 is 0 Å². The molecule has 0 bridgehead atoms. The fraction of sp³-hybridized carbons (Fsp3) is 0.714. The minimum Gasteiger partial charge on any atom is -0.392 e. The zero-order chi connectivity index (χ0) is 7.82. The summed E-state index contributed by atoms with van der Waals surface area (Å²) in [6, 6.07) is 0. The quantitative estimate of drug-likeness (QED) is 0.441. The molecule has 0 amide bonds. The Bertz CT molecular complexity index is 93.6. The minimum absolute atomic E-state index is 0.358. The van der Waals surface area contributed by atoms with Gasteiger partial charge in [-0.2, -0.15) is 0 Å². The van der Waals surface area contributed by atoms with Gasteiger partial charge in [-0.05, 0) is 0 Å². The molecule has 0 atom stereocenters. The first-order valence-corrected chi connectivity index (χ1v) is 3.23. The zero-order valence-electron chi connectivity index (χ0n) is 6.64. The van der Waals surface area contributed by atoms with Crippen LogP contribution in [0.1, 0.15) is 6.42 Å². The molecule has 0 aliphatic carbocycles. The molecule has 0 heterocycles. The van der Waals surface area contributed by atoms with E-state index in [-0.39, 0.29) is 0 Å². The number of hydrogen-bond acceptors (Lipinski definition) is 3. The second kappa shape index (κ2) is 6.58. The maximum atomic E-state index is 5.03. The van der Waals surface area contributed by atoms with Gasteiger partial charge in [-0.1, -0.05) is 6.58 Å². The van der Waals surface area contributed by atoms with Crippen molar-refractivity contribution >= 4 is 0 Å². The van der Waals surface area contributed by atoms with Gasteiger partial charge in [-0.3, -0.25) is 0 Å². The largest absolute Gasteiger partial charge is 0.392 e. The molecule has 0 saturated carbocycles. The van der Waals surface area contributed by atoms with Gasteiger partial charge in [0.1, 0.15) is 6.79 Å². The van der Waals surface area contributed by atoms with Crippen molar-refractivity contribution in [3.05, 3.63) is 12.3 Å². The highest BCUT2D eigenvalue weighted by Crippen LogP contribution is 1.91. The fourth-order valence-corrected chi connectivity index (χ4v) is 0.463. The Labute approximate surface area is 62.0 Å². The summed E-state index contributed by atoms with van der Waals surface area (Å²) in [5.74, 6) is 0. The van der Waals surface area contributed by atoms with Gasteiger partial charge < -0.3 is 14.8 Å². The zero-order valence-corrected chi connectivity index (χ0v) is 6.64. The Kier molecular flexibility index (Phi) is 6.22. The third kappa shape index (κ3) is 5.59. The molecule has 0 aromatic rings. The summed E-state index contributed by atoms with van der Waals surface area (Å²) in [5, 5.41) is 2.93. The smallest absolute Gasteiger partial charge is 0.146 e. The van der Waals surface area contributed by atoms with E-state index in [0.717, 1.165) is 12.1 Å². The van der Waals surface area contributed by atoms with Crippen molar-refractivity contribution in [3.63, 3.8) is 0 Å². The molecule has 0 radical (unpaired) electrons. The first kappa shape index (κ1) is 9.46. The van der Waals surface area contributed by atoms with E-state index in [4.69, 9.17) is 4.74 Å². The van der Waals surface area contributed by atoms with Crippen LogP contribution in [0.5, 0.6) is 0 Å². The monoisotopic (exact) mass is 145 g/mol. The Balaban J connectivity index is 2.96. The molecule has 10 heavy (non-hydrogen) atoms. The summed E-state index contributed by atoms with van der Waals surface area (Å²) in [6.07, 6.45) is 0.833. The second-order valence-electron chi connectivity index (χ2n) is 1.92. The summed E-state index contributed by atoms with van der Waals surface area (Å²) in [7, 11) is 3.45. The molecule has 60 valence electrons. The van der Waals surface area contributed by atoms with Crippen molar-refractivity contribution < 1.29 is 9.47 Å². The summed E-state index contributed by atoms with van der Waals surface area (Å²) in [5.41, 5.74) is 0.983. The number of methoxy groups -OCH3 is 1. The molecule has 0 aliphatic rings. The lowest BCUT2D eigenvalue weighted by Crippen LogP contribution is -2.08. The Morgan fingerprint density at radius 3 is 2.80 bits per heavy atom. The van der Waals surface area contributed by atoms with E-state index in [0.29, 0.717) is 13.4 Å². The fourth-order valence-electron chi connectivity index (χ4n) is 0.463. The molecule has 0 rings (SSSR count). The molecule has 0 unspecified atom stereocenters. The molecular formula is C7H15NO2.